The van der Waals surface area contributed by atoms with Crippen LogP contribution in [-0.4, -0.2) is 10.1 Å². The van der Waals surface area contributed by atoms with E-state index in [4.69, 9.17) is 14.7 Å². The summed E-state index contributed by atoms with van der Waals surface area (Å²) in [4.78, 5) is 4.24. The number of furan rings is 1. The second-order valence-electron chi connectivity index (χ2n) is 3.89. The highest BCUT2D eigenvalue weighted by atomic mass is 16.5. The van der Waals surface area contributed by atoms with E-state index in [1.165, 1.54) is 0 Å². The minimum Gasteiger partial charge on any atom is -0.464 e. The van der Waals surface area contributed by atoms with Gasteiger partial charge >= 0.3 is 0 Å². The van der Waals surface area contributed by atoms with Gasteiger partial charge in [-0.15, -0.1) is 0 Å². The second-order valence-corrected chi connectivity index (χ2v) is 3.89. The zero-order valence-electron chi connectivity index (χ0n) is 9.25. The van der Waals surface area contributed by atoms with Crippen LogP contribution in [0.3, 0.4) is 0 Å². The van der Waals surface area contributed by atoms with Gasteiger partial charge in [-0.1, -0.05) is 23.4 Å². The third-order valence-corrected chi connectivity index (χ3v) is 2.55. The third-order valence-electron chi connectivity index (χ3n) is 2.55. The minimum atomic E-state index is -0.269. The van der Waals surface area contributed by atoms with Crippen LogP contribution in [0, 0.1) is 0 Å². The molecule has 2 heterocycles. The van der Waals surface area contributed by atoms with Gasteiger partial charge in [-0.05, 0) is 13.0 Å². The molecule has 5 heteroatoms. The Morgan fingerprint density at radius 1 is 1.29 bits per heavy atom. The van der Waals surface area contributed by atoms with Crippen molar-refractivity contribution in [3.8, 4) is 11.4 Å². The molecule has 0 aliphatic heterocycles. The molecule has 5 nitrogen and oxygen atoms in total. The summed E-state index contributed by atoms with van der Waals surface area (Å²) in [6.45, 7) is 1.80. The summed E-state index contributed by atoms with van der Waals surface area (Å²) >= 11 is 0. The van der Waals surface area contributed by atoms with Crippen LogP contribution in [0.4, 0.5) is 0 Å². The fraction of sp³-hybridized carbons (Fsp3) is 0.167. The maximum atomic E-state index is 5.67. The minimum absolute atomic E-state index is 0.269. The van der Waals surface area contributed by atoms with Crippen LogP contribution < -0.4 is 5.73 Å². The number of para-hydroxylation sites is 1. The van der Waals surface area contributed by atoms with Gasteiger partial charge in [0.1, 0.15) is 11.8 Å². The van der Waals surface area contributed by atoms with Crippen LogP contribution >= 0.6 is 0 Å². The van der Waals surface area contributed by atoms with Gasteiger partial charge in [-0.25, -0.2) is 0 Å². The maximum absolute atomic E-state index is 5.67. The van der Waals surface area contributed by atoms with Crippen molar-refractivity contribution in [1.29, 1.82) is 0 Å². The van der Waals surface area contributed by atoms with Crippen LogP contribution in [0.25, 0.3) is 22.4 Å². The number of benzene rings is 1. The van der Waals surface area contributed by atoms with Gasteiger partial charge in [-0.2, -0.15) is 4.98 Å². The first-order valence-electron chi connectivity index (χ1n) is 5.31. The van der Waals surface area contributed by atoms with Crippen molar-refractivity contribution in [2.24, 2.45) is 5.73 Å². The number of nitrogens with zero attached hydrogens (tertiary/aromatic N) is 2. The summed E-state index contributed by atoms with van der Waals surface area (Å²) in [6, 6.07) is 7.43. The number of rotatable bonds is 2. The summed E-state index contributed by atoms with van der Waals surface area (Å²) in [7, 11) is 0. The Labute approximate surface area is 97.2 Å². The standard InChI is InChI=1S/C12H11N3O2/c1-7(13)12-14-11(15-17-12)9-6-16-10-5-3-2-4-8(9)10/h2-7H,13H2,1H3/t7-/m0/s1. The molecule has 0 saturated carbocycles. The molecule has 0 spiro atoms. The molecule has 0 radical (unpaired) electrons. The molecule has 1 aromatic carbocycles. The van der Waals surface area contributed by atoms with Crippen molar-refractivity contribution in [3.63, 3.8) is 0 Å². The van der Waals surface area contributed by atoms with Gasteiger partial charge in [0.05, 0.1) is 11.6 Å². The van der Waals surface area contributed by atoms with E-state index in [2.05, 4.69) is 10.1 Å². The molecule has 3 rings (SSSR count). The van der Waals surface area contributed by atoms with Crippen molar-refractivity contribution < 1.29 is 8.94 Å². The van der Waals surface area contributed by atoms with E-state index < -0.39 is 0 Å². The molecule has 0 bridgehead atoms. The smallest absolute Gasteiger partial charge is 0.243 e. The quantitative estimate of drug-likeness (QED) is 0.730. The van der Waals surface area contributed by atoms with Crippen molar-refractivity contribution in [1.82, 2.24) is 10.1 Å². The first-order chi connectivity index (χ1) is 8.25. The Kier molecular flexibility index (Phi) is 2.19. The molecule has 1 atom stereocenters. The lowest BCUT2D eigenvalue weighted by Crippen LogP contribution is -2.04. The van der Waals surface area contributed by atoms with Gasteiger partial charge in [0.15, 0.2) is 0 Å². The Bertz CT molecular complexity index is 654. The topological polar surface area (TPSA) is 78.1 Å². The van der Waals surface area contributed by atoms with E-state index in [9.17, 15) is 0 Å². The Morgan fingerprint density at radius 3 is 2.88 bits per heavy atom. The Balaban J connectivity index is 2.14. The molecule has 86 valence electrons. The molecular weight excluding hydrogens is 218 g/mol. The van der Waals surface area contributed by atoms with Gasteiger partial charge in [0.25, 0.3) is 0 Å². The summed E-state index contributed by atoms with van der Waals surface area (Å²) in [5.41, 5.74) is 7.29. The van der Waals surface area contributed by atoms with Crippen molar-refractivity contribution in [2.75, 3.05) is 0 Å². The SMILES string of the molecule is C[C@H](N)c1nc(-c2coc3ccccc23)no1. The fourth-order valence-electron chi connectivity index (χ4n) is 1.68. The van der Waals surface area contributed by atoms with Crippen molar-refractivity contribution in [3.05, 3.63) is 36.4 Å². The molecule has 17 heavy (non-hydrogen) atoms. The monoisotopic (exact) mass is 229 g/mol. The summed E-state index contributed by atoms with van der Waals surface area (Å²) in [6.07, 6.45) is 1.63. The zero-order valence-corrected chi connectivity index (χ0v) is 9.25. The van der Waals surface area contributed by atoms with E-state index in [0.29, 0.717) is 11.7 Å². The molecular formula is C12H11N3O2. The van der Waals surface area contributed by atoms with Crippen LogP contribution in [0.5, 0.6) is 0 Å². The number of aromatic nitrogens is 2. The lowest BCUT2D eigenvalue weighted by atomic mass is 10.2. The van der Waals surface area contributed by atoms with Crippen LogP contribution in [0.1, 0.15) is 18.9 Å². The normalized spacial score (nSPS) is 13.1. The van der Waals surface area contributed by atoms with E-state index in [-0.39, 0.29) is 6.04 Å². The number of nitrogens with two attached hydrogens (primary N) is 1. The molecule has 2 N–H and O–H groups in total. The maximum Gasteiger partial charge on any atom is 0.243 e. The van der Waals surface area contributed by atoms with Crippen LogP contribution in [-0.2, 0) is 0 Å². The predicted octanol–water partition coefficient (Wildman–Crippen LogP) is 2.50. The number of fused-ring (bicyclic) bond motifs is 1. The van der Waals surface area contributed by atoms with E-state index >= 15 is 0 Å². The van der Waals surface area contributed by atoms with E-state index in [0.717, 1.165) is 16.5 Å². The van der Waals surface area contributed by atoms with Gasteiger partial charge in [-0.3, -0.25) is 0 Å². The highest BCUT2D eigenvalue weighted by Gasteiger charge is 2.15. The molecule has 0 fully saturated rings. The highest BCUT2D eigenvalue weighted by Crippen LogP contribution is 2.28. The summed E-state index contributed by atoms with van der Waals surface area (Å²) < 4.78 is 10.5. The zero-order chi connectivity index (χ0) is 11.8. The summed E-state index contributed by atoms with van der Waals surface area (Å²) in [5, 5.41) is 4.87. The Morgan fingerprint density at radius 2 is 2.12 bits per heavy atom. The molecule has 0 aliphatic carbocycles. The largest absolute Gasteiger partial charge is 0.464 e. The lowest BCUT2D eigenvalue weighted by molar-refractivity contribution is 0.362. The number of hydrogen-bond acceptors (Lipinski definition) is 5. The highest BCUT2D eigenvalue weighted by molar-refractivity contribution is 5.91. The predicted molar refractivity (Wildman–Crippen MR) is 62.1 cm³/mol. The summed E-state index contributed by atoms with van der Waals surface area (Å²) in [5.74, 6) is 0.924. The Hall–Kier alpha value is -2.14. The average Bonchev–Trinajstić information content (AvgIpc) is 2.95. The second kappa shape index (κ2) is 3.71. The lowest BCUT2D eigenvalue weighted by Gasteiger charge is -1.93. The van der Waals surface area contributed by atoms with Crippen LogP contribution in [0.2, 0.25) is 0 Å². The third kappa shape index (κ3) is 1.60. The van der Waals surface area contributed by atoms with Gasteiger partial charge in [0.2, 0.25) is 11.7 Å². The molecule has 3 aromatic rings. The van der Waals surface area contributed by atoms with Gasteiger partial charge in [0, 0.05) is 5.39 Å². The molecule has 0 unspecified atom stereocenters. The van der Waals surface area contributed by atoms with Crippen molar-refractivity contribution in [2.45, 2.75) is 13.0 Å². The fourth-order valence-corrected chi connectivity index (χ4v) is 1.68. The average molecular weight is 229 g/mol. The molecule has 0 aliphatic rings. The first kappa shape index (κ1) is 10.0. The van der Waals surface area contributed by atoms with E-state index in [1.807, 2.05) is 24.3 Å². The molecule has 0 saturated heterocycles. The van der Waals surface area contributed by atoms with E-state index in [1.54, 1.807) is 13.2 Å². The molecule has 2 aromatic heterocycles. The number of hydrogen-bond donors (Lipinski definition) is 1. The van der Waals surface area contributed by atoms with Gasteiger partial charge < -0.3 is 14.7 Å². The first-order valence-corrected chi connectivity index (χ1v) is 5.31. The van der Waals surface area contributed by atoms with Crippen molar-refractivity contribution >= 4 is 11.0 Å². The van der Waals surface area contributed by atoms with Crippen LogP contribution in [0.15, 0.2) is 39.5 Å². The molecule has 0 amide bonds.